The molecule has 0 saturated heterocycles. The van der Waals surface area contributed by atoms with E-state index in [0.717, 1.165) is 12.8 Å². The predicted molar refractivity (Wildman–Crippen MR) is 75.4 cm³/mol. The van der Waals surface area contributed by atoms with Gasteiger partial charge in [-0.25, -0.2) is 0 Å². The summed E-state index contributed by atoms with van der Waals surface area (Å²) in [6.07, 6.45) is 1.91. The molecule has 0 radical (unpaired) electrons. The fourth-order valence-corrected chi connectivity index (χ4v) is 2.96. The Labute approximate surface area is 116 Å². The largest absolute Gasteiger partial charge is 0.351 e. The smallest absolute Gasteiger partial charge is 0.261 e. The van der Waals surface area contributed by atoms with Gasteiger partial charge in [0.1, 0.15) is 0 Å². The first-order chi connectivity index (χ1) is 8.06. The molecule has 0 aliphatic heterocycles. The topological polar surface area (TPSA) is 29.1 Å². The number of alkyl halides is 1. The number of thiophene rings is 1. The Morgan fingerprint density at radius 2 is 2.06 bits per heavy atom. The van der Waals surface area contributed by atoms with Gasteiger partial charge >= 0.3 is 0 Å². The van der Waals surface area contributed by atoms with Crippen LogP contribution in [0.5, 0.6) is 0 Å². The van der Waals surface area contributed by atoms with Crippen LogP contribution >= 0.6 is 34.5 Å². The zero-order valence-corrected chi connectivity index (χ0v) is 12.4. The van der Waals surface area contributed by atoms with Crippen molar-refractivity contribution in [1.29, 1.82) is 0 Å². The van der Waals surface area contributed by atoms with Crippen LogP contribution in [-0.4, -0.2) is 18.3 Å². The molecule has 2 nitrogen and oxygen atoms in total. The lowest BCUT2D eigenvalue weighted by Gasteiger charge is -2.29. The maximum atomic E-state index is 11.9. The zero-order valence-electron chi connectivity index (χ0n) is 10.1. The van der Waals surface area contributed by atoms with E-state index in [1.54, 1.807) is 12.1 Å². The molecule has 1 heterocycles. The Bertz CT molecular complexity index is 366. The third-order valence-corrected chi connectivity index (χ3v) is 5.00. The van der Waals surface area contributed by atoms with Gasteiger partial charge < -0.3 is 5.32 Å². The van der Waals surface area contributed by atoms with E-state index < -0.39 is 0 Å². The minimum atomic E-state index is -0.0710. The summed E-state index contributed by atoms with van der Waals surface area (Å²) in [6, 6.07) is 3.47. The van der Waals surface area contributed by atoms with Gasteiger partial charge in [0.15, 0.2) is 0 Å². The summed E-state index contributed by atoms with van der Waals surface area (Å²) >= 11 is 13.1. The third kappa shape index (κ3) is 3.87. The molecule has 0 spiro atoms. The molecule has 1 aromatic rings. The normalized spacial score (nSPS) is 11.5. The van der Waals surface area contributed by atoms with Crippen LogP contribution in [0.3, 0.4) is 0 Å². The Kier molecular flexibility index (Phi) is 5.77. The number of carbonyl (C=O) groups excluding carboxylic acids is 1. The van der Waals surface area contributed by atoms with Gasteiger partial charge in [0, 0.05) is 17.8 Å². The van der Waals surface area contributed by atoms with E-state index >= 15 is 0 Å². The number of hydrogen-bond acceptors (Lipinski definition) is 2. The third-order valence-electron chi connectivity index (χ3n) is 3.20. The predicted octanol–water partition coefficient (Wildman–Crippen LogP) is 4.18. The Balaban J connectivity index is 2.58. The second kappa shape index (κ2) is 6.62. The number of hydrogen-bond donors (Lipinski definition) is 1. The molecule has 0 saturated carbocycles. The van der Waals surface area contributed by atoms with Crippen LogP contribution in [-0.2, 0) is 0 Å². The summed E-state index contributed by atoms with van der Waals surface area (Å²) in [5.74, 6) is 0.490. The SMILES string of the molecule is CCC(CC)(CCl)CNC(=O)c1ccc(Cl)s1. The summed E-state index contributed by atoms with van der Waals surface area (Å²) in [4.78, 5) is 12.5. The number of halogens is 2. The quantitative estimate of drug-likeness (QED) is 0.784. The van der Waals surface area contributed by atoms with Crippen molar-refractivity contribution in [3.05, 3.63) is 21.3 Å². The molecular formula is C12H17Cl2NOS. The van der Waals surface area contributed by atoms with Crippen LogP contribution in [0, 0.1) is 5.41 Å². The van der Waals surface area contributed by atoms with Crippen molar-refractivity contribution < 1.29 is 4.79 Å². The molecule has 1 rings (SSSR count). The second-order valence-corrected chi connectivity index (χ2v) is 6.11. The summed E-state index contributed by atoms with van der Waals surface area (Å²) < 4.78 is 0.629. The van der Waals surface area contributed by atoms with E-state index in [1.807, 2.05) is 0 Å². The van der Waals surface area contributed by atoms with Crippen molar-refractivity contribution in [2.24, 2.45) is 5.41 Å². The first-order valence-electron chi connectivity index (χ1n) is 5.66. The summed E-state index contributed by atoms with van der Waals surface area (Å²) in [7, 11) is 0. The molecule has 17 heavy (non-hydrogen) atoms. The molecule has 96 valence electrons. The standard InChI is InChI=1S/C12H17Cl2NOS/c1-3-12(4-2,7-13)8-15-11(16)9-5-6-10(14)17-9/h5-6H,3-4,7-8H2,1-2H3,(H,15,16). The van der Waals surface area contributed by atoms with Gasteiger partial charge in [0.25, 0.3) is 5.91 Å². The van der Waals surface area contributed by atoms with Gasteiger partial charge in [-0.1, -0.05) is 25.4 Å². The highest BCUT2D eigenvalue weighted by atomic mass is 35.5. The molecule has 0 fully saturated rings. The molecule has 0 atom stereocenters. The maximum absolute atomic E-state index is 11.9. The summed E-state index contributed by atoms with van der Waals surface area (Å²) in [5, 5.41) is 2.93. The van der Waals surface area contributed by atoms with Crippen molar-refractivity contribution in [3.63, 3.8) is 0 Å². The monoisotopic (exact) mass is 293 g/mol. The Morgan fingerprint density at radius 3 is 2.47 bits per heavy atom. The minimum absolute atomic E-state index is 0.00172. The molecular weight excluding hydrogens is 277 g/mol. The molecule has 1 N–H and O–H groups in total. The molecule has 0 aliphatic carbocycles. The molecule has 1 amide bonds. The van der Waals surface area contributed by atoms with Crippen LogP contribution in [0.15, 0.2) is 12.1 Å². The molecule has 0 unspecified atom stereocenters. The van der Waals surface area contributed by atoms with Crippen molar-refractivity contribution in [2.75, 3.05) is 12.4 Å². The molecule has 5 heteroatoms. The van der Waals surface area contributed by atoms with Crippen LogP contribution in [0.4, 0.5) is 0 Å². The molecule has 0 aliphatic rings. The maximum Gasteiger partial charge on any atom is 0.261 e. The highest BCUT2D eigenvalue weighted by Crippen LogP contribution is 2.27. The van der Waals surface area contributed by atoms with Crippen molar-refractivity contribution in [2.45, 2.75) is 26.7 Å². The van der Waals surface area contributed by atoms with Crippen molar-refractivity contribution in [3.8, 4) is 0 Å². The van der Waals surface area contributed by atoms with E-state index in [0.29, 0.717) is 21.6 Å². The van der Waals surface area contributed by atoms with Gasteiger partial charge in [-0.15, -0.1) is 22.9 Å². The van der Waals surface area contributed by atoms with Gasteiger partial charge in [0.2, 0.25) is 0 Å². The van der Waals surface area contributed by atoms with Crippen LogP contribution in [0.1, 0.15) is 36.4 Å². The lowest BCUT2D eigenvalue weighted by molar-refractivity contribution is 0.0936. The fourth-order valence-electron chi connectivity index (χ4n) is 1.53. The van der Waals surface area contributed by atoms with Crippen molar-refractivity contribution >= 4 is 40.4 Å². The van der Waals surface area contributed by atoms with E-state index in [-0.39, 0.29) is 11.3 Å². The van der Waals surface area contributed by atoms with Crippen LogP contribution in [0.25, 0.3) is 0 Å². The van der Waals surface area contributed by atoms with Gasteiger partial charge in [-0.05, 0) is 25.0 Å². The van der Waals surface area contributed by atoms with Gasteiger partial charge in [-0.3, -0.25) is 4.79 Å². The lowest BCUT2D eigenvalue weighted by Crippen LogP contribution is -2.38. The molecule has 0 bridgehead atoms. The molecule has 0 aromatic carbocycles. The van der Waals surface area contributed by atoms with Gasteiger partial charge in [0.05, 0.1) is 9.21 Å². The van der Waals surface area contributed by atoms with E-state index in [2.05, 4.69) is 19.2 Å². The number of amides is 1. The highest BCUT2D eigenvalue weighted by Gasteiger charge is 2.26. The van der Waals surface area contributed by atoms with Gasteiger partial charge in [-0.2, -0.15) is 0 Å². The summed E-state index contributed by atoms with van der Waals surface area (Å²) in [5.41, 5.74) is -0.00172. The second-order valence-electron chi connectivity index (χ2n) is 4.13. The number of nitrogens with one attached hydrogen (secondary N) is 1. The first-order valence-corrected chi connectivity index (χ1v) is 7.39. The van der Waals surface area contributed by atoms with Crippen LogP contribution < -0.4 is 5.32 Å². The lowest BCUT2D eigenvalue weighted by atomic mass is 9.84. The Hall–Kier alpha value is -0.250. The fraction of sp³-hybridized carbons (Fsp3) is 0.583. The average molecular weight is 294 g/mol. The number of carbonyl (C=O) groups is 1. The first kappa shape index (κ1) is 14.8. The summed E-state index contributed by atoms with van der Waals surface area (Å²) in [6.45, 7) is 4.80. The highest BCUT2D eigenvalue weighted by molar-refractivity contribution is 7.17. The zero-order chi connectivity index (χ0) is 12.9. The van der Waals surface area contributed by atoms with Crippen LogP contribution in [0.2, 0.25) is 4.34 Å². The van der Waals surface area contributed by atoms with E-state index in [9.17, 15) is 4.79 Å². The van der Waals surface area contributed by atoms with E-state index in [1.165, 1.54) is 11.3 Å². The molecule has 1 aromatic heterocycles. The number of rotatable bonds is 6. The Morgan fingerprint density at radius 1 is 1.41 bits per heavy atom. The average Bonchev–Trinajstić information content (AvgIpc) is 2.78. The minimum Gasteiger partial charge on any atom is -0.351 e. The van der Waals surface area contributed by atoms with Crippen molar-refractivity contribution in [1.82, 2.24) is 5.32 Å². The van der Waals surface area contributed by atoms with E-state index in [4.69, 9.17) is 23.2 Å².